The fraction of sp³-hybridized carbons (Fsp3) is 0.350. The molecule has 0 spiro atoms. The SMILES string of the molecule is COCCN(CCOC)S(=O)(=O)c1ccc(C(=O)Nc2sccc2C(=O)NNC(C)=O)cc1. The van der Waals surface area contributed by atoms with Crippen LogP contribution in [0.5, 0.6) is 0 Å². The Balaban J connectivity index is 2.13. The molecule has 0 atom stereocenters. The van der Waals surface area contributed by atoms with Crippen LogP contribution in [0, 0.1) is 0 Å². The summed E-state index contributed by atoms with van der Waals surface area (Å²) in [5, 5.41) is 4.52. The Kier molecular flexibility index (Phi) is 9.94. The van der Waals surface area contributed by atoms with Gasteiger partial charge in [0.2, 0.25) is 15.9 Å². The number of nitrogens with zero attached hydrogens (tertiary/aromatic N) is 1. The van der Waals surface area contributed by atoms with E-state index < -0.39 is 27.7 Å². The lowest BCUT2D eigenvalue weighted by molar-refractivity contribution is -0.119. The number of carbonyl (C=O) groups is 3. The lowest BCUT2D eigenvalue weighted by atomic mass is 10.2. The van der Waals surface area contributed by atoms with Crippen molar-refractivity contribution in [2.45, 2.75) is 11.8 Å². The van der Waals surface area contributed by atoms with E-state index in [1.165, 1.54) is 55.8 Å². The zero-order valence-electron chi connectivity index (χ0n) is 18.4. The number of sulfonamides is 1. The molecule has 0 unspecified atom stereocenters. The molecule has 1 heterocycles. The Bertz CT molecular complexity index is 1060. The first kappa shape index (κ1) is 26.4. The summed E-state index contributed by atoms with van der Waals surface area (Å²) in [5.41, 5.74) is 4.79. The Labute approximate surface area is 196 Å². The molecule has 0 bridgehead atoms. The van der Waals surface area contributed by atoms with E-state index >= 15 is 0 Å². The first-order valence-electron chi connectivity index (χ1n) is 9.74. The standard InChI is InChI=1S/C20H26N4O7S2/c1-14(25)22-23-19(27)17-8-13-32-20(17)21-18(26)15-4-6-16(7-5-15)33(28,29)24(9-11-30-2)10-12-31-3/h4-8,13H,9-12H2,1-3H3,(H,21,26)(H,22,25)(H,23,27). The van der Waals surface area contributed by atoms with Gasteiger partial charge in [-0.3, -0.25) is 25.2 Å². The van der Waals surface area contributed by atoms with Crippen molar-refractivity contribution >= 4 is 44.1 Å². The van der Waals surface area contributed by atoms with Crippen LogP contribution in [0.2, 0.25) is 0 Å². The molecule has 0 aliphatic rings. The zero-order chi connectivity index (χ0) is 24.4. The van der Waals surface area contributed by atoms with Gasteiger partial charge >= 0.3 is 0 Å². The molecule has 0 aliphatic carbocycles. The molecule has 3 N–H and O–H groups in total. The molecule has 180 valence electrons. The molecule has 0 radical (unpaired) electrons. The highest BCUT2D eigenvalue weighted by molar-refractivity contribution is 7.89. The molecular formula is C20H26N4O7S2. The molecular weight excluding hydrogens is 472 g/mol. The molecule has 3 amide bonds. The summed E-state index contributed by atoms with van der Waals surface area (Å²) in [7, 11) is -0.847. The quantitative estimate of drug-likeness (QED) is 0.393. The zero-order valence-corrected chi connectivity index (χ0v) is 20.0. The van der Waals surface area contributed by atoms with Gasteiger partial charge in [0, 0.05) is 39.8 Å². The number of hydrazine groups is 1. The van der Waals surface area contributed by atoms with Crippen LogP contribution in [0.3, 0.4) is 0 Å². The third kappa shape index (κ3) is 7.33. The summed E-state index contributed by atoms with van der Waals surface area (Å²) in [5.74, 6) is -1.55. The minimum Gasteiger partial charge on any atom is -0.383 e. The molecule has 2 rings (SSSR count). The van der Waals surface area contributed by atoms with Crippen LogP contribution in [-0.4, -0.2) is 71.0 Å². The predicted molar refractivity (Wildman–Crippen MR) is 123 cm³/mol. The van der Waals surface area contributed by atoms with Gasteiger partial charge in [-0.05, 0) is 35.7 Å². The van der Waals surface area contributed by atoms with E-state index in [0.717, 1.165) is 11.3 Å². The van der Waals surface area contributed by atoms with Crippen molar-refractivity contribution in [1.29, 1.82) is 0 Å². The Morgan fingerprint density at radius 2 is 1.55 bits per heavy atom. The van der Waals surface area contributed by atoms with Crippen molar-refractivity contribution < 1.29 is 32.3 Å². The van der Waals surface area contributed by atoms with Gasteiger partial charge in [0.15, 0.2) is 0 Å². The van der Waals surface area contributed by atoms with E-state index in [1.807, 2.05) is 0 Å². The fourth-order valence-electron chi connectivity index (χ4n) is 2.64. The number of ether oxygens (including phenoxy) is 2. The van der Waals surface area contributed by atoms with Crippen molar-refractivity contribution in [3.8, 4) is 0 Å². The van der Waals surface area contributed by atoms with Crippen LogP contribution in [0.4, 0.5) is 5.00 Å². The van der Waals surface area contributed by atoms with E-state index in [-0.39, 0.29) is 47.3 Å². The third-order valence-corrected chi connectivity index (χ3v) is 7.08. The number of rotatable bonds is 11. The maximum absolute atomic E-state index is 13.0. The molecule has 0 aliphatic heterocycles. The summed E-state index contributed by atoms with van der Waals surface area (Å²) in [6, 6.07) is 6.96. The highest BCUT2D eigenvalue weighted by Gasteiger charge is 2.24. The third-order valence-electron chi connectivity index (χ3n) is 4.33. The minimum atomic E-state index is -3.81. The van der Waals surface area contributed by atoms with Gasteiger partial charge in [-0.1, -0.05) is 0 Å². The van der Waals surface area contributed by atoms with Gasteiger partial charge in [0.1, 0.15) is 5.00 Å². The lowest BCUT2D eigenvalue weighted by Gasteiger charge is -2.21. The second-order valence-corrected chi connectivity index (χ2v) is 9.52. The molecule has 1 aromatic heterocycles. The Hall–Kier alpha value is -2.84. The number of benzene rings is 1. The average Bonchev–Trinajstić information content (AvgIpc) is 3.25. The first-order chi connectivity index (χ1) is 15.7. The van der Waals surface area contributed by atoms with Crippen LogP contribution < -0.4 is 16.2 Å². The summed E-state index contributed by atoms with van der Waals surface area (Å²) < 4.78 is 37.1. The lowest BCUT2D eigenvalue weighted by Crippen LogP contribution is -2.40. The molecule has 1 aromatic carbocycles. The summed E-state index contributed by atoms with van der Waals surface area (Å²) in [6.07, 6.45) is 0. The molecule has 0 fully saturated rings. The number of carbonyl (C=O) groups excluding carboxylic acids is 3. The summed E-state index contributed by atoms with van der Waals surface area (Å²) >= 11 is 1.13. The van der Waals surface area contributed by atoms with Gasteiger partial charge in [0.25, 0.3) is 11.8 Å². The topological polar surface area (TPSA) is 143 Å². The number of amides is 3. The number of anilines is 1. The van der Waals surface area contributed by atoms with Crippen LogP contribution in [0.15, 0.2) is 40.6 Å². The van der Waals surface area contributed by atoms with Gasteiger partial charge in [-0.25, -0.2) is 8.42 Å². The largest absolute Gasteiger partial charge is 0.383 e. The van der Waals surface area contributed by atoms with E-state index in [2.05, 4.69) is 16.2 Å². The monoisotopic (exact) mass is 498 g/mol. The van der Waals surface area contributed by atoms with E-state index in [9.17, 15) is 22.8 Å². The molecule has 13 heteroatoms. The normalized spacial score (nSPS) is 11.3. The smallest absolute Gasteiger partial charge is 0.272 e. The van der Waals surface area contributed by atoms with Crippen molar-refractivity contribution in [3.05, 3.63) is 46.8 Å². The minimum absolute atomic E-state index is 0.0257. The number of hydrogen-bond donors (Lipinski definition) is 3. The number of nitrogens with one attached hydrogen (secondary N) is 3. The van der Waals surface area contributed by atoms with E-state index in [1.54, 1.807) is 5.38 Å². The van der Waals surface area contributed by atoms with Crippen LogP contribution in [0.1, 0.15) is 27.6 Å². The number of hydrogen-bond acceptors (Lipinski definition) is 8. The molecule has 11 nitrogen and oxygen atoms in total. The van der Waals surface area contributed by atoms with Crippen molar-refractivity contribution in [1.82, 2.24) is 15.2 Å². The maximum atomic E-state index is 13.0. The van der Waals surface area contributed by atoms with E-state index in [0.29, 0.717) is 0 Å². The highest BCUT2D eigenvalue weighted by Crippen LogP contribution is 2.24. The highest BCUT2D eigenvalue weighted by atomic mass is 32.2. The second kappa shape index (κ2) is 12.4. The van der Waals surface area contributed by atoms with Gasteiger partial charge in [0.05, 0.1) is 23.7 Å². The second-order valence-electron chi connectivity index (χ2n) is 6.67. The molecule has 0 saturated carbocycles. The number of thiophene rings is 1. The van der Waals surface area contributed by atoms with E-state index in [4.69, 9.17) is 9.47 Å². The fourth-order valence-corrected chi connectivity index (χ4v) is 4.83. The van der Waals surface area contributed by atoms with Crippen LogP contribution >= 0.6 is 11.3 Å². The van der Waals surface area contributed by atoms with Crippen molar-refractivity contribution in [3.63, 3.8) is 0 Å². The molecule has 2 aromatic rings. The van der Waals surface area contributed by atoms with Crippen LogP contribution in [-0.2, 0) is 24.3 Å². The average molecular weight is 499 g/mol. The first-order valence-corrected chi connectivity index (χ1v) is 12.1. The Morgan fingerprint density at radius 1 is 0.939 bits per heavy atom. The maximum Gasteiger partial charge on any atom is 0.272 e. The summed E-state index contributed by atoms with van der Waals surface area (Å²) in [4.78, 5) is 35.8. The predicted octanol–water partition coefficient (Wildman–Crippen LogP) is 1.06. The molecule has 0 saturated heterocycles. The van der Waals surface area contributed by atoms with Crippen molar-refractivity contribution in [2.24, 2.45) is 0 Å². The van der Waals surface area contributed by atoms with Gasteiger partial charge in [-0.2, -0.15) is 4.31 Å². The van der Waals surface area contributed by atoms with Gasteiger partial charge in [-0.15, -0.1) is 11.3 Å². The van der Waals surface area contributed by atoms with Gasteiger partial charge < -0.3 is 14.8 Å². The molecule has 33 heavy (non-hydrogen) atoms. The number of methoxy groups -OCH3 is 2. The van der Waals surface area contributed by atoms with Crippen LogP contribution in [0.25, 0.3) is 0 Å². The summed E-state index contributed by atoms with van der Waals surface area (Å²) in [6.45, 7) is 2.01. The Morgan fingerprint density at radius 3 is 2.09 bits per heavy atom. The van der Waals surface area contributed by atoms with Crippen molar-refractivity contribution in [2.75, 3.05) is 45.8 Å².